The number of carboxylic acid groups (broad SMARTS) is 1. The second-order valence-electron chi connectivity index (χ2n) is 14.4. The summed E-state index contributed by atoms with van der Waals surface area (Å²) in [6.07, 6.45) is -1.87. The number of carboxylic acids is 1. The standard InChI is InChI=1S/C45H42F3N5O7/c1-27(31-13-15-34(16-14-31)45(46,47)48)40-43(57)52-38(44(58)59)25-29-9-17-35(18-10-29)60-26-39(54)50-36(24-30-19-21-49-22-20-30)41(55)51-37(42(56)53-40)23-28-7-11-33(12-8-28)32-5-3-2-4-6-32/h2-22,27,36-38,40H,23-26H2,1H3,(H,50,54)(H,51,55)(H,52,57)(H,53,56)(H,58,59)/t27?,36-,37?,38-,40-/m0/s1. The van der Waals surface area contributed by atoms with E-state index < -0.39 is 78.0 Å². The smallest absolute Gasteiger partial charge is 0.416 e. The Hall–Kier alpha value is -7.03. The van der Waals surface area contributed by atoms with E-state index >= 15 is 0 Å². The fourth-order valence-electron chi connectivity index (χ4n) is 6.79. The number of ether oxygens (including phenoxy) is 1. The number of halogens is 3. The lowest BCUT2D eigenvalue weighted by molar-refractivity contribution is -0.142. The lowest BCUT2D eigenvalue weighted by Crippen LogP contribution is -2.59. The summed E-state index contributed by atoms with van der Waals surface area (Å²) in [7, 11) is 0. The lowest BCUT2D eigenvalue weighted by Gasteiger charge is -2.29. The number of hydrogen-bond acceptors (Lipinski definition) is 7. The van der Waals surface area contributed by atoms with Crippen molar-refractivity contribution in [3.05, 3.63) is 155 Å². The van der Waals surface area contributed by atoms with Crippen molar-refractivity contribution < 1.29 is 47.0 Å². The van der Waals surface area contributed by atoms with Crippen LogP contribution < -0.4 is 26.0 Å². The molecule has 4 amide bonds. The minimum Gasteiger partial charge on any atom is -0.484 e. The van der Waals surface area contributed by atoms with Crippen molar-refractivity contribution in [2.45, 2.75) is 62.4 Å². The van der Waals surface area contributed by atoms with Crippen molar-refractivity contribution in [1.29, 1.82) is 0 Å². The highest BCUT2D eigenvalue weighted by Gasteiger charge is 2.36. The molecule has 5 atom stereocenters. The van der Waals surface area contributed by atoms with Crippen LogP contribution in [0.4, 0.5) is 13.2 Å². The van der Waals surface area contributed by atoms with E-state index in [2.05, 4.69) is 26.3 Å². The third kappa shape index (κ3) is 11.3. The van der Waals surface area contributed by atoms with Crippen molar-refractivity contribution in [2.75, 3.05) is 6.61 Å². The van der Waals surface area contributed by atoms with E-state index in [0.29, 0.717) is 16.7 Å². The van der Waals surface area contributed by atoms with E-state index in [4.69, 9.17) is 4.74 Å². The van der Waals surface area contributed by atoms with E-state index in [1.807, 2.05) is 42.5 Å². The molecule has 12 nitrogen and oxygen atoms in total. The van der Waals surface area contributed by atoms with Crippen LogP contribution in [0.3, 0.4) is 0 Å². The molecule has 15 heteroatoms. The Morgan fingerprint density at radius 3 is 1.92 bits per heavy atom. The summed E-state index contributed by atoms with van der Waals surface area (Å²) in [6.45, 7) is 1.03. The van der Waals surface area contributed by atoms with Crippen LogP contribution in [0, 0.1) is 0 Å². The Balaban J connectivity index is 1.38. The summed E-state index contributed by atoms with van der Waals surface area (Å²) in [5, 5.41) is 20.8. The summed E-state index contributed by atoms with van der Waals surface area (Å²) in [4.78, 5) is 72.7. The second kappa shape index (κ2) is 19.1. The molecular formula is C45H42F3N5O7. The number of hydrogen-bond donors (Lipinski definition) is 5. The van der Waals surface area contributed by atoms with Crippen LogP contribution in [0.5, 0.6) is 5.75 Å². The van der Waals surface area contributed by atoms with Crippen LogP contribution in [0.1, 0.15) is 40.7 Å². The van der Waals surface area contributed by atoms with Gasteiger partial charge in [-0.1, -0.05) is 85.8 Å². The number of amides is 4. The summed E-state index contributed by atoms with van der Waals surface area (Å²) >= 11 is 0. The maximum absolute atomic E-state index is 14.5. The third-order valence-corrected chi connectivity index (χ3v) is 10.2. The fourth-order valence-corrected chi connectivity index (χ4v) is 6.79. The SMILES string of the molecule is CC(c1ccc(C(F)(F)F)cc1)[C@@H]1NC(=O)C(Cc2ccc(-c3ccccc3)cc2)NC(=O)[C@H](Cc2ccncc2)NC(=O)COc2ccc(cc2)C[C@@H](C(=O)O)NC1=O. The van der Waals surface area contributed by atoms with Crippen LogP contribution >= 0.6 is 0 Å². The normalized spacial score (nSPS) is 19.9. The molecule has 0 fully saturated rings. The quantitative estimate of drug-likeness (QED) is 0.136. The highest BCUT2D eigenvalue weighted by molar-refractivity contribution is 5.96. The Labute approximate surface area is 343 Å². The number of aromatic nitrogens is 1. The molecular weight excluding hydrogens is 780 g/mol. The van der Waals surface area contributed by atoms with E-state index in [9.17, 15) is 42.3 Å². The van der Waals surface area contributed by atoms with Crippen molar-refractivity contribution in [1.82, 2.24) is 26.3 Å². The molecule has 0 saturated heterocycles. The van der Waals surface area contributed by atoms with Crippen LogP contribution in [-0.2, 0) is 49.4 Å². The Kier molecular flexibility index (Phi) is 13.6. The Bertz CT molecular complexity index is 2280. The van der Waals surface area contributed by atoms with Gasteiger partial charge in [0.25, 0.3) is 5.91 Å². The number of rotatable bonds is 8. The van der Waals surface area contributed by atoms with E-state index in [0.717, 1.165) is 23.3 Å². The molecule has 2 unspecified atom stereocenters. The maximum atomic E-state index is 14.5. The monoisotopic (exact) mass is 821 g/mol. The first kappa shape index (κ1) is 42.6. The highest BCUT2D eigenvalue weighted by Crippen LogP contribution is 2.31. The average Bonchev–Trinajstić information content (AvgIpc) is 3.24. The molecule has 0 aliphatic carbocycles. The number of alkyl halides is 3. The molecule has 7 rings (SSSR count). The van der Waals surface area contributed by atoms with Gasteiger partial charge in [-0.25, -0.2) is 4.79 Å². The van der Waals surface area contributed by atoms with Gasteiger partial charge >= 0.3 is 12.1 Å². The zero-order valence-electron chi connectivity index (χ0n) is 32.3. The predicted octanol–water partition coefficient (Wildman–Crippen LogP) is 5.02. The van der Waals surface area contributed by atoms with Gasteiger partial charge in [0.15, 0.2) is 6.61 Å². The third-order valence-electron chi connectivity index (χ3n) is 10.2. The topological polar surface area (TPSA) is 176 Å². The molecule has 1 aromatic heterocycles. The number of pyridine rings is 1. The van der Waals surface area contributed by atoms with Gasteiger partial charge in [-0.3, -0.25) is 24.2 Å². The second-order valence-corrected chi connectivity index (χ2v) is 14.4. The van der Waals surface area contributed by atoms with Gasteiger partial charge in [0.05, 0.1) is 5.56 Å². The first-order valence-corrected chi connectivity index (χ1v) is 19.1. The first-order valence-electron chi connectivity index (χ1n) is 19.1. The molecule has 60 heavy (non-hydrogen) atoms. The first-order chi connectivity index (χ1) is 28.7. The zero-order chi connectivity index (χ0) is 42.8. The molecule has 0 radical (unpaired) electrons. The molecule has 2 aliphatic rings. The van der Waals surface area contributed by atoms with Crippen LogP contribution in [0.15, 0.2) is 128 Å². The van der Waals surface area contributed by atoms with Crippen molar-refractivity contribution in [2.24, 2.45) is 0 Å². The summed E-state index contributed by atoms with van der Waals surface area (Å²) in [5.74, 6) is -5.29. The Morgan fingerprint density at radius 1 is 0.717 bits per heavy atom. The number of fused-ring (bicyclic) bond motifs is 16. The van der Waals surface area contributed by atoms with Gasteiger partial charge in [0.2, 0.25) is 17.7 Å². The molecule has 310 valence electrons. The Morgan fingerprint density at radius 2 is 1.30 bits per heavy atom. The molecule has 0 spiro atoms. The van der Waals surface area contributed by atoms with Crippen LogP contribution in [0.2, 0.25) is 0 Å². The van der Waals surface area contributed by atoms with Gasteiger partial charge in [-0.15, -0.1) is 0 Å². The summed E-state index contributed by atoms with van der Waals surface area (Å²) in [6, 6.07) is 24.7. The van der Waals surface area contributed by atoms with Gasteiger partial charge < -0.3 is 31.1 Å². The number of benzene rings is 4. The van der Waals surface area contributed by atoms with E-state index in [1.165, 1.54) is 43.6 Å². The molecule has 5 aromatic rings. The van der Waals surface area contributed by atoms with Gasteiger partial charge in [-0.05, 0) is 69.8 Å². The lowest BCUT2D eigenvalue weighted by atomic mass is 9.91. The van der Waals surface area contributed by atoms with E-state index in [-0.39, 0.29) is 30.6 Å². The average molecular weight is 822 g/mol. The predicted molar refractivity (Wildman–Crippen MR) is 214 cm³/mol. The molecule has 2 aliphatic heterocycles. The van der Waals surface area contributed by atoms with Crippen molar-refractivity contribution in [3.8, 4) is 16.9 Å². The van der Waals surface area contributed by atoms with Crippen LogP contribution in [-0.4, -0.2) is 70.5 Å². The highest BCUT2D eigenvalue weighted by atomic mass is 19.4. The number of nitrogens with one attached hydrogen (secondary N) is 4. The fraction of sp³-hybridized carbons (Fsp3) is 0.244. The maximum Gasteiger partial charge on any atom is 0.416 e. The van der Waals surface area contributed by atoms with Gasteiger partial charge in [0, 0.05) is 37.6 Å². The van der Waals surface area contributed by atoms with Crippen molar-refractivity contribution in [3.63, 3.8) is 0 Å². The molecule has 4 aromatic carbocycles. The minimum absolute atomic E-state index is 0.00145. The number of carbonyl (C=O) groups excluding carboxylic acids is 4. The molecule has 0 saturated carbocycles. The number of aliphatic carboxylic acids is 1. The summed E-state index contributed by atoms with van der Waals surface area (Å²) in [5.41, 5.74) is 2.89. The van der Waals surface area contributed by atoms with E-state index in [1.54, 1.807) is 36.4 Å². The number of carbonyl (C=O) groups is 5. The molecule has 5 N–H and O–H groups in total. The van der Waals surface area contributed by atoms with Gasteiger partial charge in [0.1, 0.15) is 29.9 Å². The number of nitrogens with zero attached hydrogens (tertiary/aromatic N) is 1. The summed E-state index contributed by atoms with van der Waals surface area (Å²) < 4.78 is 46.1. The largest absolute Gasteiger partial charge is 0.484 e. The minimum atomic E-state index is -4.63. The zero-order valence-corrected chi connectivity index (χ0v) is 32.3. The van der Waals surface area contributed by atoms with Gasteiger partial charge in [-0.2, -0.15) is 13.2 Å². The molecule has 2 bridgehead atoms. The molecule has 3 heterocycles. The van der Waals surface area contributed by atoms with Crippen LogP contribution in [0.25, 0.3) is 11.1 Å². The van der Waals surface area contributed by atoms with Crippen molar-refractivity contribution >= 4 is 29.6 Å².